The summed E-state index contributed by atoms with van der Waals surface area (Å²) in [6.07, 6.45) is 1.98. The molecule has 8 heteroatoms. The van der Waals surface area contributed by atoms with Crippen molar-refractivity contribution in [1.82, 2.24) is 10.2 Å². The minimum atomic E-state index is -3.74. The third-order valence-electron chi connectivity index (χ3n) is 4.69. The van der Waals surface area contributed by atoms with Gasteiger partial charge in [-0.1, -0.05) is 12.1 Å². The highest BCUT2D eigenvalue weighted by Gasteiger charge is 2.24. The first-order valence-electron chi connectivity index (χ1n) is 9.41. The molecule has 7 nitrogen and oxygen atoms in total. The molecule has 2 N–H and O–H groups in total. The summed E-state index contributed by atoms with van der Waals surface area (Å²) in [4.78, 5) is 25.9. The first-order valence-corrected chi connectivity index (χ1v) is 10.9. The summed E-state index contributed by atoms with van der Waals surface area (Å²) in [5.74, 6) is -0.485. The third-order valence-corrected chi connectivity index (χ3v) is 6.21. The molecular formula is C21H25N3O4S. The molecule has 1 fully saturated rings. The summed E-state index contributed by atoms with van der Waals surface area (Å²) in [7, 11) is -2.17. The van der Waals surface area contributed by atoms with Gasteiger partial charge >= 0.3 is 0 Å². The van der Waals surface area contributed by atoms with Gasteiger partial charge in [-0.15, -0.1) is 0 Å². The highest BCUT2D eigenvalue weighted by Crippen LogP contribution is 2.21. The van der Waals surface area contributed by atoms with Crippen molar-refractivity contribution in [3.8, 4) is 0 Å². The predicted molar refractivity (Wildman–Crippen MR) is 111 cm³/mol. The second kappa shape index (κ2) is 8.24. The molecule has 1 aliphatic carbocycles. The number of nitrogens with zero attached hydrogens (tertiary/aromatic N) is 1. The minimum Gasteiger partial charge on any atom is -0.352 e. The number of sulfonamides is 1. The molecule has 0 aromatic heterocycles. The van der Waals surface area contributed by atoms with Crippen molar-refractivity contribution in [1.29, 1.82) is 0 Å². The fourth-order valence-electron chi connectivity index (χ4n) is 2.90. The van der Waals surface area contributed by atoms with E-state index >= 15 is 0 Å². The largest absolute Gasteiger partial charge is 0.352 e. The summed E-state index contributed by atoms with van der Waals surface area (Å²) in [5, 5.41) is 2.84. The van der Waals surface area contributed by atoms with Gasteiger partial charge in [-0.25, -0.2) is 8.42 Å². The fourth-order valence-corrected chi connectivity index (χ4v) is 4.29. The van der Waals surface area contributed by atoms with E-state index in [2.05, 4.69) is 10.0 Å². The fraction of sp³-hybridized carbons (Fsp3) is 0.333. The second-order valence-corrected chi connectivity index (χ2v) is 9.11. The maximum Gasteiger partial charge on any atom is 0.262 e. The quantitative estimate of drug-likeness (QED) is 0.726. The molecule has 0 unspecified atom stereocenters. The van der Waals surface area contributed by atoms with Crippen LogP contribution < -0.4 is 10.0 Å². The second-order valence-electron chi connectivity index (χ2n) is 7.45. The van der Waals surface area contributed by atoms with E-state index in [9.17, 15) is 18.0 Å². The Labute approximate surface area is 171 Å². The lowest BCUT2D eigenvalue weighted by molar-refractivity contribution is -0.121. The van der Waals surface area contributed by atoms with Crippen LogP contribution in [0.25, 0.3) is 0 Å². The van der Waals surface area contributed by atoms with Crippen molar-refractivity contribution in [3.63, 3.8) is 0 Å². The van der Waals surface area contributed by atoms with Crippen molar-refractivity contribution in [2.75, 3.05) is 18.3 Å². The van der Waals surface area contributed by atoms with Crippen LogP contribution >= 0.6 is 0 Å². The van der Waals surface area contributed by atoms with Crippen molar-refractivity contribution >= 4 is 27.5 Å². The van der Waals surface area contributed by atoms with Crippen LogP contribution in [0.4, 0.5) is 5.69 Å². The molecule has 0 aliphatic heterocycles. The van der Waals surface area contributed by atoms with Gasteiger partial charge in [0.25, 0.3) is 15.9 Å². The van der Waals surface area contributed by atoms with Crippen molar-refractivity contribution < 1.29 is 18.0 Å². The Bertz CT molecular complexity index is 1030. The maximum atomic E-state index is 12.7. The first kappa shape index (κ1) is 20.9. The topological polar surface area (TPSA) is 95.6 Å². The zero-order valence-electron chi connectivity index (χ0n) is 16.7. The van der Waals surface area contributed by atoms with Gasteiger partial charge in [0.05, 0.1) is 11.4 Å². The van der Waals surface area contributed by atoms with E-state index in [-0.39, 0.29) is 29.3 Å². The van der Waals surface area contributed by atoms with Crippen molar-refractivity contribution in [2.45, 2.75) is 37.6 Å². The van der Waals surface area contributed by atoms with Gasteiger partial charge in [0.1, 0.15) is 0 Å². The first-order chi connectivity index (χ1) is 13.7. The van der Waals surface area contributed by atoms with Gasteiger partial charge in [0.15, 0.2) is 0 Å². The van der Waals surface area contributed by atoms with Crippen molar-refractivity contribution in [3.05, 3.63) is 59.2 Å². The van der Waals surface area contributed by atoms with E-state index in [0.29, 0.717) is 16.8 Å². The molecule has 0 heterocycles. The Balaban J connectivity index is 1.66. The number of likely N-dealkylation sites (N-methyl/N-ethyl adjacent to an activating group) is 1. The number of hydrogen-bond donors (Lipinski definition) is 2. The Morgan fingerprint density at radius 1 is 1.07 bits per heavy atom. The Morgan fingerprint density at radius 2 is 1.72 bits per heavy atom. The number of hydrogen-bond acceptors (Lipinski definition) is 4. The molecule has 2 aromatic carbocycles. The number of carbonyl (C=O) groups excluding carboxylic acids is 2. The molecule has 2 amide bonds. The van der Waals surface area contributed by atoms with Crippen LogP contribution in [0.2, 0.25) is 0 Å². The smallest absolute Gasteiger partial charge is 0.262 e. The van der Waals surface area contributed by atoms with Gasteiger partial charge in [0.2, 0.25) is 5.91 Å². The van der Waals surface area contributed by atoms with E-state index in [1.807, 2.05) is 13.0 Å². The van der Waals surface area contributed by atoms with E-state index in [0.717, 1.165) is 18.4 Å². The number of carbonyl (C=O) groups is 2. The molecule has 0 saturated heterocycles. The Kier molecular flexibility index (Phi) is 5.93. The predicted octanol–water partition coefficient (Wildman–Crippen LogP) is 2.45. The SMILES string of the molecule is Cc1ccc(C)c(S(=O)(=O)Nc2ccc(C(=O)N(C)CC(=O)NC3CC3)cc2)c1. The van der Waals surface area contributed by atoms with Gasteiger partial charge in [0, 0.05) is 24.3 Å². The molecule has 0 atom stereocenters. The lowest BCUT2D eigenvalue weighted by Gasteiger charge is -2.17. The third kappa shape index (κ3) is 5.35. The zero-order chi connectivity index (χ0) is 21.2. The average Bonchev–Trinajstić information content (AvgIpc) is 3.47. The molecule has 154 valence electrons. The minimum absolute atomic E-state index is 0.0175. The van der Waals surface area contributed by atoms with E-state index in [4.69, 9.17) is 0 Å². The average molecular weight is 416 g/mol. The molecular weight excluding hydrogens is 390 g/mol. The molecule has 2 aromatic rings. The van der Waals surface area contributed by atoms with Crippen LogP contribution in [0.15, 0.2) is 47.4 Å². The monoisotopic (exact) mass is 415 g/mol. The van der Waals surface area contributed by atoms with Crippen LogP contribution in [0, 0.1) is 13.8 Å². The standard InChI is InChI=1S/C21H25N3O4S/c1-14-4-5-15(2)19(12-14)29(27,28)23-18-8-6-16(7-9-18)21(26)24(3)13-20(25)22-17-10-11-17/h4-9,12,17,23H,10-11,13H2,1-3H3,(H,22,25). The zero-order valence-corrected chi connectivity index (χ0v) is 17.5. The number of aryl methyl sites for hydroxylation is 2. The molecule has 0 radical (unpaired) electrons. The summed E-state index contributed by atoms with van der Waals surface area (Å²) in [6, 6.07) is 11.6. The van der Waals surface area contributed by atoms with E-state index in [1.165, 1.54) is 17.0 Å². The lowest BCUT2D eigenvalue weighted by atomic mass is 10.2. The van der Waals surface area contributed by atoms with E-state index in [1.54, 1.807) is 38.2 Å². The maximum absolute atomic E-state index is 12.7. The van der Waals surface area contributed by atoms with Crippen LogP contribution in [0.1, 0.15) is 34.3 Å². The summed E-state index contributed by atoms with van der Waals surface area (Å²) < 4.78 is 27.9. The molecule has 3 rings (SSSR count). The molecule has 1 saturated carbocycles. The van der Waals surface area contributed by atoms with Crippen molar-refractivity contribution in [2.24, 2.45) is 0 Å². The summed E-state index contributed by atoms with van der Waals surface area (Å²) in [5.41, 5.74) is 2.24. The van der Waals surface area contributed by atoms with Crippen LogP contribution in [-0.4, -0.2) is 44.8 Å². The normalized spacial score (nSPS) is 13.6. The molecule has 1 aliphatic rings. The van der Waals surface area contributed by atoms with E-state index < -0.39 is 10.0 Å². The highest BCUT2D eigenvalue weighted by molar-refractivity contribution is 7.92. The van der Waals surface area contributed by atoms with Gasteiger partial charge in [-0.3, -0.25) is 14.3 Å². The summed E-state index contributed by atoms with van der Waals surface area (Å²) >= 11 is 0. The molecule has 29 heavy (non-hydrogen) atoms. The van der Waals surface area contributed by atoms with Crippen LogP contribution in [0.5, 0.6) is 0 Å². The highest BCUT2D eigenvalue weighted by atomic mass is 32.2. The number of anilines is 1. The Hall–Kier alpha value is -2.87. The number of amides is 2. The van der Waals surface area contributed by atoms with Gasteiger partial charge in [-0.2, -0.15) is 0 Å². The summed E-state index contributed by atoms with van der Waals surface area (Å²) in [6.45, 7) is 3.56. The number of rotatable bonds is 7. The van der Waals surface area contributed by atoms with Crippen LogP contribution in [-0.2, 0) is 14.8 Å². The molecule has 0 bridgehead atoms. The molecule has 0 spiro atoms. The Morgan fingerprint density at radius 3 is 2.34 bits per heavy atom. The lowest BCUT2D eigenvalue weighted by Crippen LogP contribution is -2.39. The number of nitrogens with one attached hydrogen (secondary N) is 2. The number of benzene rings is 2. The van der Waals surface area contributed by atoms with Crippen LogP contribution in [0.3, 0.4) is 0 Å². The van der Waals surface area contributed by atoms with Gasteiger partial charge < -0.3 is 10.2 Å². The van der Waals surface area contributed by atoms with Gasteiger partial charge in [-0.05, 0) is 68.1 Å².